The Morgan fingerprint density at radius 3 is 0.914 bits per heavy atom. The second-order valence-corrected chi connectivity index (χ2v) is 19.2. The van der Waals surface area contributed by atoms with E-state index in [0.29, 0.717) is 19.3 Å². The van der Waals surface area contributed by atoms with Crippen LogP contribution in [0.3, 0.4) is 0 Å². The molecule has 0 aromatic rings. The topological polar surface area (TPSA) is 78.9 Å². The van der Waals surface area contributed by atoms with Gasteiger partial charge in [-0.3, -0.25) is 14.4 Å². The third kappa shape index (κ3) is 55.3. The van der Waals surface area contributed by atoms with E-state index in [9.17, 15) is 14.4 Å². The minimum Gasteiger partial charge on any atom is -0.462 e. The summed E-state index contributed by atoms with van der Waals surface area (Å²) in [4.78, 5) is 38.2. The van der Waals surface area contributed by atoms with E-state index in [4.69, 9.17) is 14.2 Å². The number of esters is 3. The first-order valence-corrected chi connectivity index (χ1v) is 29.2. The second kappa shape index (κ2) is 57.9. The summed E-state index contributed by atoms with van der Waals surface area (Å²) in [5.74, 6) is -0.929. The Labute approximate surface area is 432 Å². The van der Waals surface area contributed by atoms with Crippen LogP contribution in [0.1, 0.15) is 271 Å². The van der Waals surface area contributed by atoms with Crippen molar-refractivity contribution in [3.8, 4) is 0 Å². The van der Waals surface area contributed by atoms with Crippen LogP contribution in [-0.2, 0) is 28.6 Å². The van der Waals surface area contributed by atoms with Crippen molar-refractivity contribution < 1.29 is 28.6 Å². The van der Waals surface area contributed by atoms with Crippen LogP contribution >= 0.6 is 0 Å². The highest BCUT2D eigenvalue weighted by Crippen LogP contribution is 2.14. The molecular formula is C64H108O6. The minimum absolute atomic E-state index is 0.0937. The van der Waals surface area contributed by atoms with Crippen molar-refractivity contribution in [2.24, 2.45) is 0 Å². The van der Waals surface area contributed by atoms with Gasteiger partial charge < -0.3 is 14.2 Å². The molecule has 0 amide bonds. The molecule has 0 N–H and O–H groups in total. The van der Waals surface area contributed by atoms with Gasteiger partial charge in [0.2, 0.25) is 0 Å². The van der Waals surface area contributed by atoms with Crippen molar-refractivity contribution >= 4 is 17.9 Å². The molecule has 0 saturated heterocycles. The molecule has 1 unspecified atom stereocenters. The molecule has 0 aliphatic carbocycles. The normalized spacial score (nSPS) is 12.8. The number of allylic oxidation sites excluding steroid dienone is 16. The van der Waals surface area contributed by atoms with Crippen molar-refractivity contribution in [2.75, 3.05) is 13.2 Å². The van der Waals surface area contributed by atoms with Crippen LogP contribution in [0.2, 0.25) is 0 Å². The molecule has 0 radical (unpaired) electrons. The van der Waals surface area contributed by atoms with Gasteiger partial charge in [0.1, 0.15) is 13.2 Å². The summed E-state index contributed by atoms with van der Waals surface area (Å²) in [5, 5.41) is 0. The van der Waals surface area contributed by atoms with Crippen molar-refractivity contribution in [3.05, 3.63) is 97.2 Å². The third-order valence-electron chi connectivity index (χ3n) is 12.3. The van der Waals surface area contributed by atoms with E-state index < -0.39 is 6.10 Å². The largest absolute Gasteiger partial charge is 0.462 e. The number of unbranched alkanes of at least 4 members (excludes halogenated alkanes) is 25. The van der Waals surface area contributed by atoms with Crippen LogP contribution in [0.5, 0.6) is 0 Å². The second-order valence-electron chi connectivity index (χ2n) is 19.2. The molecule has 0 heterocycles. The van der Waals surface area contributed by atoms with E-state index in [-0.39, 0.29) is 31.1 Å². The summed E-state index contributed by atoms with van der Waals surface area (Å²) in [7, 11) is 0. The van der Waals surface area contributed by atoms with Crippen LogP contribution < -0.4 is 0 Å². The van der Waals surface area contributed by atoms with Gasteiger partial charge in [0.25, 0.3) is 0 Å². The number of carbonyl (C=O) groups is 3. The molecule has 0 bridgehead atoms. The zero-order chi connectivity index (χ0) is 50.7. The third-order valence-corrected chi connectivity index (χ3v) is 12.3. The zero-order valence-electron chi connectivity index (χ0n) is 45.8. The Hall–Kier alpha value is -3.67. The standard InChI is InChI=1S/C64H108O6/c1-4-7-10-13-16-19-22-25-28-29-30-31-32-33-34-35-37-39-42-45-48-51-54-57-63(66)69-60-61(59-68-62(65)56-53-50-47-44-41-38-27-24-21-18-15-12-9-6-3)70-64(67)58-55-52-49-46-43-40-36-26-23-20-17-14-11-8-5-2/h8,11,15,17-18,20,22,24-27,29-30,32-33,36,61H,4-7,9-10,12-14,16,19,21,23,28,31,34-35,37-60H2,1-3H3/b11-8-,18-15-,20-17-,25-22-,27-24-,30-29-,33-32-,36-26-. The highest BCUT2D eigenvalue weighted by Gasteiger charge is 2.19. The maximum atomic E-state index is 12.8. The van der Waals surface area contributed by atoms with E-state index in [1.54, 1.807) is 0 Å². The van der Waals surface area contributed by atoms with E-state index in [1.165, 1.54) is 89.9 Å². The molecule has 0 aliphatic heterocycles. The molecule has 0 aliphatic rings. The lowest BCUT2D eigenvalue weighted by molar-refractivity contribution is -0.167. The molecule has 70 heavy (non-hydrogen) atoms. The number of carbonyl (C=O) groups excluding carboxylic acids is 3. The summed E-state index contributed by atoms with van der Waals surface area (Å²) in [5.41, 5.74) is 0. The lowest BCUT2D eigenvalue weighted by atomic mass is 10.1. The molecule has 0 aromatic carbocycles. The van der Waals surface area contributed by atoms with Crippen LogP contribution in [0.4, 0.5) is 0 Å². The monoisotopic (exact) mass is 973 g/mol. The van der Waals surface area contributed by atoms with Crippen LogP contribution in [0.25, 0.3) is 0 Å². The first-order chi connectivity index (χ1) is 34.5. The highest BCUT2D eigenvalue weighted by atomic mass is 16.6. The van der Waals surface area contributed by atoms with Crippen molar-refractivity contribution in [3.63, 3.8) is 0 Å². The molecule has 0 fully saturated rings. The average molecular weight is 974 g/mol. The van der Waals surface area contributed by atoms with Gasteiger partial charge in [-0.1, -0.05) is 234 Å². The predicted octanol–water partition coefficient (Wildman–Crippen LogP) is 19.7. The molecule has 0 rings (SSSR count). The zero-order valence-corrected chi connectivity index (χ0v) is 45.8. The Morgan fingerprint density at radius 1 is 0.300 bits per heavy atom. The molecular weight excluding hydrogens is 865 g/mol. The lowest BCUT2D eigenvalue weighted by Crippen LogP contribution is -2.30. The van der Waals surface area contributed by atoms with Gasteiger partial charge in [0.15, 0.2) is 6.10 Å². The Bertz CT molecular complexity index is 1400. The Balaban J connectivity index is 4.39. The summed E-state index contributed by atoms with van der Waals surface area (Å²) in [6.07, 6.45) is 76.8. The average Bonchev–Trinajstić information content (AvgIpc) is 3.36. The SMILES string of the molecule is CC/C=C\C/C=C\C/C=C\CCCCCCCC(=O)OC(COC(=O)CCCCCCC/C=C\C/C=C\CCCC)COC(=O)CCCCCCCCCC/C=C\C/C=C\C/C=C\CCCCCCC. The van der Waals surface area contributed by atoms with Crippen LogP contribution in [0.15, 0.2) is 97.2 Å². The molecule has 0 spiro atoms. The fourth-order valence-corrected chi connectivity index (χ4v) is 7.89. The van der Waals surface area contributed by atoms with Gasteiger partial charge in [0.05, 0.1) is 0 Å². The van der Waals surface area contributed by atoms with Gasteiger partial charge >= 0.3 is 17.9 Å². The van der Waals surface area contributed by atoms with E-state index in [2.05, 4.69) is 118 Å². The van der Waals surface area contributed by atoms with Gasteiger partial charge in [-0.15, -0.1) is 0 Å². The molecule has 0 saturated carbocycles. The maximum absolute atomic E-state index is 12.8. The van der Waals surface area contributed by atoms with Gasteiger partial charge in [-0.2, -0.15) is 0 Å². The van der Waals surface area contributed by atoms with Gasteiger partial charge in [0, 0.05) is 19.3 Å². The van der Waals surface area contributed by atoms with Crippen molar-refractivity contribution in [2.45, 2.75) is 277 Å². The molecule has 1 atom stereocenters. The lowest BCUT2D eigenvalue weighted by Gasteiger charge is -2.18. The number of hydrogen-bond donors (Lipinski definition) is 0. The highest BCUT2D eigenvalue weighted by molar-refractivity contribution is 5.71. The quantitative estimate of drug-likeness (QED) is 0.0262. The van der Waals surface area contributed by atoms with Crippen molar-refractivity contribution in [1.82, 2.24) is 0 Å². The van der Waals surface area contributed by atoms with Gasteiger partial charge in [-0.25, -0.2) is 0 Å². The van der Waals surface area contributed by atoms with E-state index >= 15 is 0 Å². The molecule has 6 nitrogen and oxygen atoms in total. The number of rotatable bonds is 52. The fraction of sp³-hybridized carbons (Fsp3) is 0.703. The smallest absolute Gasteiger partial charge is 0.306 e. The van der Waals surface area contributed by atoms with Gasteiger partial charge in [-0.05, 0) is 116 Å². The molecule has 400 valence electrons. The fourth-order valence-electron chi connectivity index (χ4n) is 7.89. The first-order valence-electron chi connectivity index (χ1n) is 29.2. The van der Waals surface area contributed by atoms with Crippen LogP contribution in [-0.4, -0.2) is 37.2 Å². The van der Waals surface area contributed by atoms with E-state index in [1.807, 2.05) is 0 Å². The van der Waals surface area contributed by atoms with E-state index in [0.717, 1.165) is 141 Å². The first kappa shape index (κ1) is 66.3. The summed E-state index contributed by atoms with van der Waals surface area (Å²) in [6.45, 7) is 6.45. The summed E-state index contributed by atoms with van der Waals surface area (Å²) >= 11 is 0. The minimum atomic E-state index is -0.797. The molecule has 6 heteroatoms. The van der Waals surface area contributed by atoms with Crippen LogP contribution in [0, 0.1) is 0 Å². The van der Waals surface area contributed by atoms with Crippen molar-refractivity contribution in [1.29, 1.82) is 0 Å². The number of ether oxygens (including phenoxy) is 3. The summed E-state index contributed by atoms with van der Waals surface area (Å²) < 4.78 is 16.8. The maximum Gasteiger partial charge on any atom is 0.306 e. The number of hydrogen-bond acceptors (Lipinski definition) is 6. The Kier molecular flexibility index (Phi) is 54.9. The Morgan fingerprint density at radius 2 is 0.571 bits per heavy atom. The molecule has 0 aromatic heterocycles. The summed E-state index contributed by atoms with van der Waals surface area (Å²) in [6, 6.07) is 0. The predicted molar refractivity (Wildman–Crippen MR) is 302 cm³/mol.